The van der Waals surface area contributed by atoms with Crippen molar-refractivity contribution < 1.29 is 18.7 Å². The van der Waals surface area contributed by atoms with Crippen LogP contribution in [0.5, 0.6) is 5.75 Å². The Morgan fingerprint density at radius 1 is 1.00 bits per heavy atom. The number of hydrogen-bond donors (Lipinski definition) is 0. The molecule has 0 fully saturated rings. The summed E-state index contributed by atoms with van der Waals surface area (Å²) >= 11 is 0. The highest BCUT2D eigenvalue weighted by molar-refractivity contribution is 6.20. The number of esters is 1. The number of nitrogens with zero attached hydrogens (tertiary/aromatic N) is 1. The molecule has 0 N–H and O–H groups in total. The minimum Gasteiger partial charge on any atom is -0.497 e. The standard InChI is InChI=1S/C29H37NO4/c1-9-28(4,5)20-17-23(29(6,7)10-2)25-24(18-20)30-26(34-25)22(27(31)33-11-3)16-19-12-14-21(32-8)15-13-19/h12-18H,9-11H2,1-8H3/b22-16-. The zero-order valence-corrected chi connectivity index (χ0v) is 21.7. The quantitative estimate of drug-likeness (QED) is 0.246. The van der Waals surface area contributed by atoms with Crippen molar-refractivity contribution >= 4 is 28.7 Å². The zero-order chi connectivity index (χ0) is 25.1. The molecule has 0 amide bonds. The third-order valence-corrected chi connectivity index (χ3v) is 6.92. The molecule has 0 spiro atoms. The molecule has 5 heteroatoms. The number of carbonyl (C=O) groups is 1. The molecule has 1 aromatic heterocycles. The smallest absolute Gasteiger partial charge is 0.343 e. The summed E-state index contributed by atoms with van der Waals surface area (Å²) in [5.41, 5.74) is 4.81. The summed E-state index contributed by atoms with van der Waals surface area (Å²) in [7, 11) is 1.62. The van der Waals surface area contributed by atoms with Gasteiger partial charge in [0.05, 0.1) is 13.7 Å². The van der Waals surface area contributed by atoms with E-state index in [1.54, 1.807) is 20.1 Å². The molecule has 0 unspecified atom stereocenters. The van der Waals surface area contributed by atoms with E-state index in [9.17, 15) is 4.79 Å². The zero-order valence-electron chi connectivity index (χ0n) is 21.7. The summed E-state index contributed by atoms with van der Waals surface area (Å²) in [6.45, 7) is 15.3. The summed E-state index contributed by atoms with van der Waals surface area (Å²) in [6.07, 6.45) is 3.70. The SMILES string of the molecule is CCOC(=O)/C(=C\c1ccc(OC)cc1)c1nc2cc(C(C)(C)CC)cc(C(C)(C)CC)c2o1. The van der Waals surface area contributed by atoms with Gasteiger partial charge in [0.1, 0.15) is 16.8 Å². The summed E-state index contributed by atoms with van der Waals surface area (Å²) in [6, 6.07) is 11.8. The number of fused-ring (bicyclic) bond motifs is 1. The maximum Gasteiger partial charge on any atom is 0.343 e. The van der Waals surface area contributed by atoms with Crippen LogP contribution in [-0.4, -0.2) is 24.7 Å². The minimum absolute atomic E-state index is 0.00518. The van der Waals surface area contributed by atoms with Crippen LogP contribution in [0.3, 0.4) is 0 Å². The van der Waals surface area contributed by atoms with Crippen molar-refractivity contribution in [2.24, 2.45) is 0 Å². The lowest BCUT2D eigenvalue weighted by atomic mass is 9.76. The molecule has 34 heavy (non-hydrogen) atoms. The molecule has 2 aromatic carbocycles. The number of rotatable bonds is 9. The first kappa shape index (κ1) is 25.5. The van der Waals surface area contributed by atoms with Crippen LogP contribution in [0.4, 0.5) is 0 Å². The molecule has 3 rings (SSSR count). The van der Waals surface area contributed by atoms with E-state index in [0.717, 1.165) is 40.8 Å². The maximum absolute atomic E-state index is 12.9. The van der Waals surface area contributed by atoms with Crippen molar-refractivity contribution in [3.05, 3.63) is 59.0 Å². The second-order valence-electron chi connectivity index (χ2n) is 9.92. The second-order valence-corrected chi connectivity index (χ2v) is 9.92. The number of carbonyl (C=O) groups excluding carboxylic acids is 1. The largest absolute Gasteiger partial charge is 0.497 e. The summed E-state index contributed by atoms with van der Waals surface area (Å²) < 4.78 is 16.9. The van der Waals surface area contributed by atoms with Gasteiger partial charge in [-0.1, -0.05) is 59.7 Å². The Labute approximate surface area is 203 Å². The van der Waals surface area contributed by atoms with Crippen molar-refractivity contribution in [2.75, 3.05) is 13.7 Å². The van der Waals surface area contributed by atoms with Gasteiger partial charge in [-0.2, -0.15) is 0 Å². The van der Waals surface area contributed by atoms with Crippen LogP contribution in [0, 0.1) is 0 Å². The number of aromatic nitrogens is 1. The van der Waals surface area contributed by atoms with E-state index in [4.69, 9.17) is 18.9 Å². The minimum atomic E-state index is -0.463. The highest BCUT2D eigenvalue weighted by atomic mass is 16.5. The molecule has 0 aliphatic heterocycles. The lowest BCUT2D eigenvalue weighted by molar-refractivity contribution is -0.136. The molecule has 0 aliphatic carbocycles. The molecule has 182 valence electrons. The molecule has 0 aliphatic rings. The number of benzene rings is 2. The van der Waals surface area contributed by atoms with E-state index < -0.39 is 5.97 Å². The maximum atomic E-state index is 12.9. The van der Waals surface area contributed by atoms with Gasteiger partial charge >= 0.3 is 5.97 Å². The highest BCUT2D eigenvalue weighted by Crippen LogP contribution is 2.39. The van der Waals surface area contributed by atoms with Crippen LogP contribution in [0.25, 0.3) is 22.7 Å². The highest BCUT2D eigenvalue weighted by Gasteiger charge is 2.29. The predicted octanol–water partition coefficient (Wildman–Crippen LogP) is 7.32. The van der Waals surface area contributed by atoms with Crippen LogP contribution in [0.15, 0.2) is 40.8 Å². The fourth-order valence-corrected chi connectivity index (χ4v) is 3.72. The van der Waals surface area contributed by atoms with Crippen LogP contribution in [0.2, 0.25) is 0 Å². The van der Waals surface area contributed by atoms with E-state index in [2.05, 4.69) is 53.7 Å². The van der Waals surface area contributed by atoms with Gasteiger partial charge in [-0.05, 0) is 66.0 Å². The van der Waals surface area contributed by atoms with Gasteiger partial charge < -0.3 is 13.9 Å². The van der Waals surface area contributed by atoms with Crippen molar-refractivity contribution in [2.45, 2.75) is 72.1 Å². The van der Waals surface area contributed by atoms with Gasteiger partial charge in [-0.3, -0.25) is 0 Å². The fraction of sp³-hybridized carbons (Fsp3) is 0.448. The summed E-state index contributed by atoms with van der Waals surface area (Å²) in [5.74, 6) is 0.549. The van der Waals surface area contributed by atoms with Crippen molar-refractivity contribution in [3.63, 3.8) is 0 Å². The molecule has 0 saturated carbocycles. The number of hydrogen-bond acceptors (Lipinski definition) is 5. The summed E-state index contributed by atoms with van der Waals surface area (Å²) in [5, 5.41) is 0. The Morgan fingerprint density at radius 3 is 2.21 bits per heavy atom. The molecule has 3 aromatic rings. The van der Waals surface area contributed by atoms with Gasteiger partial charge in [-0.15, -0.1) is 0 Å². The van der Waals surface area contributed by atoms with E-state index in [0.29, 0.717) is 5.57 Å². The number of methoxy groups -OCH3 is 1. The Hall–Kier alpha value is -3.08. The second kappa shape index (κ2) is 10.0. The molecule has 5 nitrogen and oxygen atoms in total. The Morgan fingerprint density at radius 2 is 1.65 bits per heavy atom. The molecular formula is C29H37NO4. The van der Waals surface area contributed by atoms with Gasteiger partial charge in [0, 0.05) is 5.56 Å². The van der Waals surface area contributed by atoms with E-state index in [1.165, 1.54) is 5.56 Å². The average Bonchev–Trinajstić information content (AvgIpc) is 3.26. The third kappa shape index (κ3) is 5.19. The molecule has 1 heterocycles. The third-order valence-electron chi connectivity index (χ3n) is 6.92. The fourth-order valence-electron chi connectivity index (χ4n) is 3.72. The van der Waals surface area contributed by atoms with Gasteiger partial charge in [-0.25, -0.2) is 9.78 Å². The van der Waals surface area contributed by atoms with Gasteiger partial charge in [0.25, 0.3) is 0 Å². The van der Waals surface area contributed by atoms with Crippen LogP contribution in [-0.2, 0) is 20.4 Å². The first-order chi connectivity index (χ1) is 16.1. The van der Waals surface area contributed by atoms with E-state index >= 15 is 0 Å². The van der Waals surface area contributed by atoms with Crippen molar-refractivity contribution in [1.82, 2.24) is 4.98 Å². The Balaban J connectivity index is 2.24. The molecule has 0 saturated heterocycles. The molecule has 0 atom stereocenters. The van der Waals surface area contributed by atoms with Crippen LogP contribution >= 0.6 is 0 Å². The lowest BCUT2D eigenvalue weighted by Gasteiger charge is -2.28. The first-order valence-electron chi connectivity index (χ1n) is 12.0. The molecule has 0 radical (unpaired) electrons. The number of oxazole rings is 1. The normalized spacial score (nSPS) is 12.8. The monoisotopic (exact) mass is 463 g/mol. The van der Waals surface area contributed by atoms with Crippen LogP contribution in [0.1, 0.15) is 83.9 Å². The molecule has 0 bridgehead atoms. The number of ether oxygens (including phenoxy) is 2. The average molecular weight is 464 g/mol. The lowest BCUT2D eigenvalue weighted by Crippen LogP contribution is -2.20. The first-order valence-corrected chi connectivity index (χ1v) is 12.0. The van der Waals surface area contributed by atoms with Gasteiger partial charge in [0.2, 0.25) is 5.89 Å². The van der Waals surface area contributed by atoms with Crippen molar-refractivity contribution in [3.8, 4) is 5.75 Å². The van der Waals surface area contributed by atoms with E-state index in [1.807, 2.05) is 24.3 Å². The topological polar surface area (TPSA) is 61.6 Å². The Kier molecular flexibility index (Phi) is 7.54. The van der Waals surface area contributed by atoms with Crippen LogP contribution < -0.4 is 4.74 Å². The van der Waals surface area contributed by atoms with Gasteiger partial charge in [0.15, 0.2) is 5.58 Å². The predicted molar refractivity (Wildman–Crippen MR) is 138 cm³/mol. The Bertz CT molecular complexity index is 1180. The summed E-state index contributed by atoms with van der Waals surface area (Å²) in [4.78, 5) is 17.7. The van der Waals surface area contributed by atoms with E-state index in [-0.39, 0.29) is 23.3 Å². The van der Waals surface area contributed by atoms with Crippen molar-refractivity contribution in [1.29, 1.82) is 0 Å². The molecular weight excluding hydrogens is 426 g/mol.